The number of carbonyl (C=O) groups is 2. The van der Waals surface area contributed by atoms with Crippen LogP contribution >= 0.6 is 11.6 Å². The Morgan fingerprint density at radius 1 is 0.959 bits per heavy atom. The Bertz CT molecular complexity index is 2200. The van der Waals surface area contributed by atoms with Crippen LogP contribution in [0, 0.1) is 0 Å². The van der Waals surface area contributed by atoms with Crippen molar-refractivity contribution in [1.29, 1.82) is 0 Å². The number of fused-ring (bicyclic) bond motifs is 2. The molecule has 2 aliphatic heterocycles. The summed E-state index contributed by atoms with van der Waals surface area (Å²) >= 11 is 5.70. The van der Waals surface area contributed by atoms with Gasteiger partial charge in [0.05, 0.1) is 32.2 Å². The number of amides is 1. The van der Waals surface area contributed by atoms with E-state index in [9.17, 15) is 14.7 Å². The van der Waals surface area contributed by atoms with Crippen LogP contribution in [-0.2, 0) is 14.9 Å². The summed E-state index contributed by atoms with van der Waals surface area (Å²) in [6, 6.07) is 8.35. The lowest BCUT2D eigenvalue weighted by atomic mass is 9.64. The largest absolute Gasteiger partial charge is 0.545 e. The Morgan fingerprint density at radius 2 is 1.73 bits per heavy atom. The van der Waals surface area contributed by atoms with E-state index in [1.807, 2.05) is 0 Å². The maximum absolute atomic E-state index is 13.5. The Morgan fingerprint density at radius 3 is 2.51 bits per heavy atom. The van der Waals surface area contributed by atoms with Crippen molar-refractivity contribution in [2.24, 2.45) is 0 Å². The molecule has 0 aromatic heterocycles. The van der Waals surface area contributed by atoms with Gasteiger partial charge in [-0.15, -0.1) is 11.6 Å². The molecule has 0 unspecified atom stereocenters. The molecule has 49 heavy (non-hydrogen) atoms. The highest BCUT2D eigenvalue weighted by Crippen LogP contribution is 2.51. The lowest BCUT2D eigenvalue weighted by Crippen LogP contribution is -2.38. The zero-order valence-corrected chi connectivity index (χ0v) is 28.3. The number of allylic oxidation sites excluding steroid dienone is 5. The molecule has 0 saturated carbocycles. The Hall–Kier alpha value is -3.72. The number of nitrogens with zero attached hydrogens (tertiary/aromatic N) is 2. The van der Waals surface area contributed by atoms with Gasteiger partial charge in [0.1, 0.15) is 18.5 Å². The number of benzene rings is 2. The quantitative estimate of drug-likeness (QED) is 0.146. The Labute approximate surface area is 312 Å². The average Bonchev–Trinajstić information content (AvgIpc) is 3.17. The summed E-state index contributed by atoms with van der Waals surface area (Å²) in [4.78, 5) is 27.0. The van der Waals surface area contributed by atoms with Crippen molar-refractivity contribution in [1.82, 2.24) is 5.32 Å². The van der Waals surface area contributed by atoms with Crippen molar-refractivity contribution in [3.05, 3.63) is 93.6 Å². The molecule has 2 aromatic rings. The second-order valence-electron chi connectivity index (χ2n) is 12.5. The van der Waals surface area contributed by atoms with Crippen molar-refractivity contribution < 1.29 is 45.2 Å². The molecule has 4 aliphatic rings. The summed E-state index contributed by atoms with van der Waals surface area (Å²) in [5.41, 5.74) is 0.461. The molecule has 0 atom stereocenters. The topological polar surface area (TPSA) is 93.9 Å². The number of unbranched alkanes of at least 4 members (excludes halogenated alkanes) is 3. The van der Waals surface area contributed by atoms with Gasteiger partial charge < -0.3 is 29.6 Å². The molecule has 260 valence electrons. The fraction of sp³-hybridized carbons (Fsp3) is 0.475. The van der Waals surface area contributed by atoms with E-state index in [0.29, 0.717) is 57.4 Å². The first-order valence-electron chi connectivity index (χ1n) is 22.4. The Balaban J connectivity index is 1.39. The minimum atomic E-state index is -2.89. The van der Waals surface area contributed by atoms with Gasteiger partial charge in [-0.1, -0.05) is 38.8 Å². The second kappa shape index (κ2) is 15.9. The van der Waals surface area contributed by atoms with Crippen LogP contribution in [0.5, 0.6) is 0 Å². The summed E-state index contributed by atoms with van der Waals surface area (Å²) < 4.78 is 112. The number of aromatic carboxylic acids is 1. The maximum Gasteiger partial charge on any atom is 0.251 e. The van der Waals surface area contributed by atoms with Crippen molar-refractivity contribution in [2.45, 2.75) is 57.7 Å². The molecule has 6 rings (SSSR count). The van der Waals surface area contributed by atoms with Crippen molar-refractivity contribution in [3.63, 3.8) is 0 Å². The van der Waals surface area contributed by atoms with Crippen molar-refractivity contribution >= 4 is 40.4 Å². The number of hydrogen-bond donors (Lipinski definition) is 1. The van der Waals surface area contributed by atoms with E-state index in [1.54, 1.807) is 13.8 Å². The number of hydrogen-bond acceptors (Lipinski definition) is 6. The van der Waals surface area contributed by atoms with Crippen LogP contribution in [0.4, 0.5) is 5.69 Å². The number of alkyl halides is 1. The summed E-state index contributed by atoms with van der Waals surface area (Å²) in [6.45, 7) is -5.97. The lowest BCUT2D eigenvalue weighted by Gasteiger charge is -2.41. The minimum Gasteiger partial charge on any atom is -0.545 e. The van der Waals surface area contributed by atoms with E-state index in [4.69, 9.17) is 37.5 Å². The van der Waals surface area contributed by atoms with Gasteiger partial charge >= 0.3 is 0 Å². The van der Waals surface area contributed by atoms with Gasteiger partial charge in [0.2, 0.25) is 0 Å². The normalized spacial score (nSPS) is 27.4. The summed E-state index contributed by atoms with van der Waals surface area (Å²) in [6.07, 6.45) is 2.60. The highest BCUT2D eigenvalue weighted by atomic mass is 35.5. The van der Waals surface area contributed by atoms with Gasteiger partial charge in [-0.2, -0.15) is 0 Å². The van der Waals surface area contributed by atoms with Crippen LogP contribution < -0.4 is 15.3 Å². The molecule has 0 radical (unpaired) electrons. The third-order valence-electron chi connectivity index (χ3n) is 8.93. The predicted molar refractivity (Wildman–Crippen MR) is 193 cm³/mol. The molecule has 1 N–H and O–H groups in total. The van der Waals surface area contributed by atoms with E-state index < -0.39 is 56.0 Å². The van der Waals surface area contributed by atoms with E-state index >= 15 is 0 Å². The van der Waals surface area contributed by atoms with E-state index in [1.165, 1.54) is 54.6 Å². The molecule has 2 aliphatic carbocycles. The highest BCUT2D eigenvalue weighted by Gasteiger charge is 2.40. The van der Waals surface area contributed by atoms with Crippen LogP contribution in [0.15, 0.2) is 65.8 Å². The summed E-state index contributed by atoms with van der Waals surface area (Å²) in [7, 11) is 0. The fourth-order valence-electron chi connectivity index (χ4n) is 6.26. The molecule has 1 amide bonds. The first-order chi connectivity index (χ1) is 28.3. The van der Waals surface area contributed by atoms with Crippen LogP contribution in [0.25, 0.3) is 5.57 Å². The second-order valence-corrected chi connectivity index (χ2v) is 12.8. The standard InChI is InChI=1S/C40H48ClN3O5/c1-40(2)35-26-29(43-17-7-18-43)10-13-32(35)37(33-14-11-30(27-36(33)40)44-19-8-20-44)34-25-28(9-12-31(34)39(46)47)38(45)42-16-22-49-24-23-48-21-6-4-3-5-15-41/h9-14,25-27H,3-8,15-24H2,1-2H3,(H-,42,45,46,47)/i7D2,8D2,17D2,18D2,19D2,20D2. The smallest absolute Gasteiger partial charge is 0.251 e. The Kier molecular flexibility index (Phi) is 7.42. The number of halogens is 1. The zero-order valence-electron chi connectivity index (χ0n) is 39.6. The third-order valence-corrected chi connectivity index (χ3v) is 9.19. The summed E-state index contributed by atoms with van der Waals surface area (Å²) in [5.74, 6) is -1.47. The molecule has 2 saturated heterocycles. The highest BCUT2D eigenvalue weighted by molar-refractivity contribution is 6.17. The summed E-state index contributed by atoms with van der Waals surface area (Å²) in [5, 5.41) is 15.5. The number of carboxylic acid groups (broad SMARTS) is 1. The van der Waals surface area contributed by atoms with Gasteiger partial charge in [-0.25, -0.2) is 4.58 Å². The number of nitrogens with one attached hydrogen (secondary N) is 1. The zero-order chi connectivity index (χ0) is 45.1. The first kappa shape index (κ1) is 22.9. The molecule has 0 spiro atoms. The number of rotatable bonds is 16. The molecule has 2 aromatic carbocycles. The van der Waals surface area contributed by atoms with Crippen molar-refractivity contribution in [3.8, 4) is 0 Å². The van der Waals surface area contributed by atoms with Gasteiger partial charge in [0.15, 0.2) is 5.71 Å². The molecule has 0 bridgehead atoms. The SMILES string of the molecule is [2H]C1([2H])N(c2ccc3c(c2)C(C)(C)C2=CC(=[N+]4C([2H])([2H])C([2H])([2H])C4([2H])[2H])C=CC2=C3c2cc(C(=O)NCCOCCOCCCCCCCl)ccc2C(=O)[O-])C([2H])([2H])C1([2H])[2H]. The molecule has 2 fully saturated rings. The molecule has 2 heterocycles. The number of ether oxygens (including phenoxy) is 2. The van der Waals surface area contributed by atoms with Gasteiger partial charge in [0.25, 0.3) is 5.91 Å². The van der Waals surface area contributed by atoms with Crippen LogP contribution in [0.2, 0.25) is 0 Å². The monoisotopic (exact) mass is 697 g/mol. The molecule has 8 nitrogen and oxygen atoms in total. The molecular weight excluding hydrogens is 638 g/mol. The number of anilines is 1. The van der Waals surface area contributed by atoms with Crippen LogP contribution in [0.3, 0.4) is 0 Å². The van der Waals surface area contributed by atoms with Gasteiger partial charge in [0, 0.05) is 77.4 Å². The van der Waals surface area contributed by atoms with Gasteiger partial charge in [-0.05, 0) is 83.0 Å². The minimum absolute atomic E-state index is 0.0281. The van der Waals surface area contributed by atoms with Crippen LogP contribution in [0.1, 0.15) is 106 Å². The van der Waals surface area contributed by atoms with E-state index in [-0.39, 0.29) is 46.8 Å². The van der Waals surface area contributed by atoms with Crippen molar-refractivity contribution in [2.75, 3.05) is 69.7 Å². The van der Waals surface area contributed by atoms with Gasteiger partial charge in [-0.3, -0.25) is 4.79 Å². The third kappa shape index (κ3) is 7.72. The van der Waals surface area contributed by atoms with Crippen LogP contribution in [-0.4, -0.2) is 87.0 Å². The number of carboxylic acids is 1. The molecule has 9 heteroatoms. The van der Waals surface area contributed by atoms with E-state index in [0.717, 1.165) is 25.7 Å². The maximum atomic E-state index is 13.5. The first-order valence-corrected chi connectivity index (χ1v) is 17.0. The predicted octanol–water partition coefficient (Wildman–Crippen LogP) is 5.27. The lowest BCUT2D eigenvalue weighted by molar-refractivity contribution is -0.582. The average molecular weight is 698 g/mol. The fourth-order valence-corrected chi connectivity index (χ4v) is 6.45. The number of carbonyl (C=O) groups excluding carboxylic acids is 2. The van der Waals surface area contributed by atoms with E-state index in [2.05, 4.69) is 5.32 Å². The molecular formula is C40H48ClN3O5.